The number of rotatable bonds is 4. The average molecular weight is 242 g/mol. The zero-order valence-electron chi connectivity index (χ0n) is 10.3. The second kappa shape index (κ2) is 6.39. The number of nitrogens with one attached hydrogen (secondary N) is 2. The van der Waals surface area contributed by atoms with Crippen molar-refractivity contribution in [1.82, 2.24) is 5.32 Å². The van der Waals surface area contributed by atoms with Gasteiger partial charge >= 0.3 is 0 Å². The molecule has 1 aromatic carbocycles. The molecule has 2 N–H and O–H groups in total. The molecular formula is C13H14N4O. The molecule has 1 rings (SSSR count). The zero-order valence-corrected chi connectivity index (χ0v) is 10.3. The van der Waals surface area contributed by atoms with Gasteiger partial charge in [-0.25, -0.2) is 0 Å². The second-order valence-corrected chi connectivity index (χ2v) is 3.93. The van der Waals surface area contributed by atoms with Crippen LogP contribution in [-0.4, -0.2) is 19.5 Å². The minimum absolute atomic E-state index is 0.127. The van der Waals surface area contributed by atoms with Gasteiger partial charge in [0.15, 0.2) is 0 Å². The monoisotopic (exact) mass is 242 g/mol. The molecule has 1 aromatic rings. The molecule has 18 heavy (non-hydrogen) atoms. The number of amides is 1. The van der Waals surface area contributed by atoms with Crippen LogP contribution in [0.1, 0.15) is 18.1 Å². The average Bonchev–Trinajstić information content (AvgIpc) is 2.38. The van der Waals surface area contributed by atoms with Gasteiger partial charge in [-0.05, 0) is 25.2 Å². The molecule has 0 aliphatic heterocycles. The number of nitrogens with zero attached hydrogens (tertiary/aromatic N) is 2. The standard InChI is InChI=1S/C13H14N4O/c1-9(8-16-2)13(18)17-12-4-3-10(6-14)11(5-12)7-15/h3-5,9,16H,8H2,1-2H3,(H,17,18). The van der Waals surface area contributed by atoms with Crippen molar-refractivity contribution in [3.63, 3.8) is 0 Å². The van der Waals surface area contributed by atoms with Crippen LogP contribution in [0.4, 0.5) is 5.69 Å². The SMILES string of the molecule is CNCC(C)C(=O)Nc1ccc(C#N)c(C#N)c1. The van der Waals surface area contributed by atoms with Crippen molar-refractivity contribution in [1.29, 1.82) is 10.5 Å². The Morgan fingerprint density at radius 2 is 2.00 bits per heavy atom. The Labute approximate surface area is 106 Å². The van der Waals surface area contributed by atoms with Crippen molar-refractivity contribution in [2.24, 2.45) is 5.92 Å². The van der Waals surface area contributed by atoms with Gasteiger partial charge in [0.25, 0.3) is 0 Å². The molecule has 0 saturated heterocycles. The molecular weight excluding hydrogens is 228 g/mol. The Hall–Kier alpha value is -2.37. The molecule has 1 amide bonds. The van der Waals surface area contributed by atoms with E-state index in [4.69, 9.17) is 10.5 Å². The smallest absolute Gasteiger partial charge is 0.228 e. The number of carbonyl (C=O) groups is 1. The fourth-order valence-corrected chi connectivity index (χ4v) is 1.48. The van der Waals surface area contributed by atoms with E-state index in [0.29, 0.717) is 17.8 Å². The van der Waals surface area contributed by atoms with E-state index < -0.39 is 0 Å². The minimum Gasteiger partial charge on any atom is -0.326 e. The van der Waals surface area contributed by atoms with Crippen LogP contribution < -0.4 is 10.6 Å². The third-order valence-electron chi connectivity index (χ3n) is 2.49. The van der Waals surface area contributed by atoms with Crippen LogP contribution in [-0.2, 0) is 4.79 Å². The van der Waals surface area contributed by atoms with Gasteiger partial charge in [0, 0.05) is 18.2 Å². The van der Waals surface area contributed by atoms with E-state index in [9.17, 15) is 4.79 Å². The minimum atomic E-state index is -0.170. The molecule has 0 heterocycles. The highest BCUT2D eigenvalue weighted by Crippen LogP contribution is 2.15. The highest BCUT2D eigenvalue weighted by molar-refractivity contribution is 5.92. The van der Waals surface area contributed by atoms with E-state index in [1.165, 1.54) is 12.1 Å². The summed E-state index contributed by atoms with van der Waals surface area (Å²) in [4.78, 5) is 11.8. The number of benzene rings is 1. The topological polar surface area (TPSA) is 88.7 Å². The van der Waals surface area contributed by atoms with Gasteiger partial charge in [0.2, 0.25) is 5.91 Å². The summed E-state index contributed by atoms with van der Waals surface area (Å²) in [6, 6.07) is 8.49. The summed E-state index contributed by atoms with van der Waals surface area (Å²) >= 11 is 0. The van der Waals surface area contributed by atoms with Gasteiger partial charge in [-0.15, -0.1) is 0 Å². The van der Waals surface area contributed by atoms with Gasteiger partial charge in [-0.2, -0.15) is 10.5 Å². The van der Waals surface area contributed by atoms with Crippen molar-refractivity contribution in [2.75, 3.05) is 18.9 Å². The maximum atomic E-state index is 11.8. The molecule has 0 bridgehead atoms. The normalized spacial score (nSPS) is 11.1. The largest absolute Gasteiger partial charge is 0.326 e. The van der Waals surface area contributed by atoms with E-state index in [2.05, 4.69) is 10.6 Å². The van der Waals surface area contributed by atoms with Gasteiger partial charge in [-0.3, -0.25) is 4.79 Å². The highest BCUT2D eigenvalue weighted by atomic mass is 16.1. The summed E-state index contributed by atoms with van der Waals surface area (Å²) in [5, 5.41) is 23.3. The molecule has 5 nitrogen and oxygen atoms in total. The predicted octanol–water partition coefficient (Wildman–Crippen LogP) is 1.22. The second-order valence-electron chi connectivity index (χ2n) is 3.93. The van der Waals surface area contributed by atoms with Crippen LogP contribution in [0, 0.1) is 28.6 Å². The maximum Gasteiger partial charge on any atom is 0.228 e. The highest BCUT2D eigenvalue weighted by Gasteiger charge is 2.12. The molecule has 0 radical (unpaired) electrons. The number of nitriles is 2. The first-order valence-corrected chi connectivity index (χ1v) is 5.52. The first kappa shape index (κ1) is 13.7. The van der Waals surface area contributed by atoms with Crippen LogP contribution in [0.3, 0.4) is 0 Å². The van der Waals surface area contributed by atoms with Gasteiger partial charge in [-0.1, -0.05) is 6.92 Å². The van der Waals surface area contributed by atoms with Crippen LogP contribution >= 0.6 is 0 Å². The Balaban J connectivity index is 2.84. The van der Waals surface area contributed by atoms with Crippen LogP contribution in [0.15, 0.2) is 18.2 Å². The fraction of sp³-hybridized carbons (Fsp3) is 0.308. The molecule has 0 aliphatic carbocycles. The summed E-state index contributed by atoms with van der Waals surface area (Å²) in [6.45, 7) is 2.38. The molecule has 0 spiro atoms. The Bertz CT molecular complexity index is 525. The molecule has 92 valence electrons. The maximum absolute atomic E-state index is 11.8. The summed E-state index contributed by atoms with van der Waals surface area (Å²) in [7, 11) is 1.78. The zero-order chi connectivity index (χ0) is 13.5. The van der Waals surface area contributed by atoms with Gasteiger partial charge in [0.1, 0.15) is 12.1 Å². The Morgan fingerprint density at radius 3 is 2.56 bits per heavy atom. The first-order valence-electron chi connectivity index (χ1n) is 5.52. The molecule has 1 unspecified atom stereocenters. The van der Waals surface area contributed by atoms with Crippen LogP contribution in [0.2, 0.25) is 0 Å². The van der Waals surface area contributed by atoms with Gasteiger partial charge < -0.3 is 10.6 Å². The number of hydrogen-bond acceptors (Lipinski definition) is 4. The van der Waals surface area contributed by atoms with Crippen LogP contribution in [0.25, 0.3) is 0 Å². The predicted molar refractivity (Wildman–Crippen MR) is 67.6 cm³/mol. The van der Waals surface area contributed by atoms with Crippen molar-refractivity contribution in [3.05, 3.63) is 29.3 Å². The van der Waals surface area contributed by atoms with Crippen molar-refractivity contribution < 1.29 is 4.79 Å². The lowest BCUT2D eigenvalue weighted by atomic mass is 10.1. The molecule has 1 atom stereocenters. The molecule has 5 heteroatoms. The molecule has 0 fully saturated rings. The van der Waals surface area contributed by atoms with E-state index in [0.717, 1.165) is 0 Å². The van der Waals surface area contributed by atoms with E-state index >= 15 is 0 Å². The third-order valence-corrected chi connectivity index (χ3v) is 2.49. The van der Waals surface area contributed by atoms with Crippen molar-refractivity contribution in [3.8, 4) is 12.1 Å². The van der Waals surface area contributed by atoms with E-state index in [-0.39, 0.29) is 17.4 Å². The Kier molecular flexibility index (Phi) is 4.86. The molecule has 0 aliphatic rings. The lowest BCUT2D eigenvalue weighted by molar-refractivity contribution is -0.119. The summed E-state index contributed by atoms with van der Waals surface area (Å²) in [5.74, 6) is -0.297. The molecule has 0 saturated carbocycles. The third kappa shape index (κ3) is 3.31. The van der Waals surface area contributed by atoms with Crippen molar-refractivity contribution >= 4 is 11.6 Å². The van der Waals surface area contributed by atoms with Crippen molar-refractivity contribution in [2.45, 2.75) is 6.92 Å². The lowest BCUT2D eigenvalue weighted by Crippen LogP contribution is -2.28. The number of hydrogen-bond donors (Lipinski definition) is 2. The summed E-state index contributed by atoms with van der Waals surface area (Å²) in [6.07, 6.45) is 0. The molecule has 0 aromatic heterocycles. The Morgan fingerprint density at radius 1 is 1.33 bits per heavy atom. The first-order chi connectivity index (χ1) is 8.62. The lowest BCUT2D eigenvalue weighted by Gasteiger charge is -2.11. The van der Waals surface area contributed by atoms with E-state index in [1.807, 2.05) is 12.1 Å². The van der Waals surface area contributed by atoms with Gasteiger partial charge in [0.05, 0.1) is 11.1 Å². The van der Waals surface area contributed by atoms with E-state index in [1.54, 1.807) is 20.0 Å². The van der Waals surface area contributed by atoms with Crippen LogP contribution in [0.5, 0.6) is 0 Å². The number of anilines is 1. The quantitative estimate of drug-likeness (QED) is 0.830. The summed E-state index contributed by atoms with van der Waals surface area (Å²) < 4.78 is 0. The summed E-state index contributed by atoms with van der Waals surface area (Å²) in [5.41, 5.74) is 1.09. The number of carbonyl (C=O) groups excluding carboxylic acids is 1. The fourth-order valence-electron chi connectivity index (χ4n) is 1.48.